The molecule has 1 saturated carbocycles. The van der Waals surface area contributed by atoms with Crippen molar-refractivity contribution in [3.05, 3.63) is 23.8 Å². The predicted octanol–water partition coefficient (Wildman–Crippen LogP) is 3.46. The molecule has 1 aromatic carbocycles. The van der Waals surface area contributed by atoms with Gasteiger partial charge in [-0.05, 0) is 37.1 Å². The number of amidine groups is 1. The van der Waals surface area contributed by atoms with E-state index in [1.54, 1.807) is 11.8 Å². The minimum atomic E-state index is 0.188. The normalized spacial score (nSPS) is 14.4. The van der Waals surface area contributed by atoms with Gasteiger partial charge in [0.1, 0.15) is 5.84 Å². The fourth-order valence-electron chi connectivity index (χ4n) is 2.43. The first kappa shape index (κ1) is 14.3. The summed E-state index contributed by atoms with van der Waals surface area (Å²) in [4.78, 5) is 3.57. The summed E-state index contributed by atoms with van der Waals surface area (Å²) in [7, 11) is 0. The van der Waals surface area contributed by atoms with Gasteiger partial charge in [-0.25, -0.2) is 0 Å². The van der Waals surface area contributed by atoms with Gasteiger partial charge in [-0.2, -0.15) is 0 Å². The molecule has 2 rings (SSSR count). The SMILES string of the molecule is CCCN(c1cccc(SCC)c1C(=N)N)C1CC1. The lowest BCUT2D eigenvalue weighted by atomic mass is 10.1. The minimum absolute atomic E-state index is 0.188. The lowest BCUT2D eigenvalue weighted by Gasteiger charge is -2.27. The first-order chi connectivity index (χ1) is 9.19. The Morgan fingerprint density at radius 3 is 2.68 bits per heavy atom. The molecule has 104 valence electrons. The highest BCUT2D eigenvalue weighted by Gasteiger charge is 2.30. The summed E-state index contributed by atoms with van der Waals surface area (Å²) in [5.74, 6) is 1.19. The quantitative estimate of drug-likeness (QED) is 0.456. The van der Waals surface area contributed by atoms with E-state index in [1.807, 2.05) is 0 Å². The van der Waals surface area contributed by atoms with Gasteiger partial charge in [0, 0.05) is 23.2 Å². The number of benzene rings is 1. The molecule has 0 heterocycles. The molecule has 19 heavy (non-hydrogen) atoms. The fraction of sp³-hybridized carbons (Fsp3) is 0.533. The van der Waals surface area contributed by atoms with E-state index in [1.165, 1.54) is 12.8 Å². The minimum Gasteiger partial charge on any atom is -0.384 e. The van der Waals surface area contributed by atoms with Crippen molar-refractivity contribution in [1.29, 1.82) is 5.41 Å². The summed E-state index contributed by atoms with van der Waals surface area (Å²) in [6, 6.07) is 6.93. The molecule has 0 saturated heterocycles. The largest absolute Gasteiger partial charge is 0.384 e. The Labute approximate surface area is 120 Å². The first-order valence-corrected chi connectivity index (χ1v) is 8.04. The van der Waals surface area contributed by atoms with Gasteiger partial charge in [0.2, 0.25) is 0 Å². The lowest BCUT2D eigenvalue weighted by Crippen LogP contribution is -2.29. The van der Waals surface area contributed by atoms with E-state index < -0.39 is 0 Å². The average Bonchev–Trinajstić information content (AvgIpc) is 3.20. The molecular weight excluding hydrogens is 254 g/mol. The molecule has 4 heteroatoms. The Morgan fingerprint density at radius 2 is 2.16 bits per heavy atom. The standard InChI is InChI=1S/C15H23N3S/c1-3-10-18(11-8-9-11)12-6-5-7-13(19-4-2)14(12)15(16)17/h5-7,11H,3-4,8-10H2,1-2H3,(H3,16,17). The molecule has 0 unspecified atom stereocenters. The zero-order valence-corrected chi connectivity index (χ0v) is 12.6. The van der Waals surface area contributed by atoms with Crippen molar-refractivity contribution in [3.63, 3.8) is 0 Å². The number of hydrogen-bond donors (Lipinski definition) is 2. The predicted molar refractivity (Wildman–Crippen MR) is 84.5 cm³/mol. The van der Waals surface area contributed by atoms with Crippen LogP contribution in [0.5, 0.6) is 0 Å². The Morgan fingerprint density at radius 1 is 1.42 bits per heavy atom. The summed E-state index contributed by atoms with van der Waals surface area (Å²) in [5.41, 5.74) is 7.92. The highest BCUT2D eigenvalue weighted by atomic mass is 32.2. The molecule has 1 aliphatic rings. The number of nitrogen functional groups attached to an aromatic ring is 1. The molecule has 0 radical (unpaired) electrons. The van der Waals surface area contributed by atoms with Crippen molar-refractivity contribution in [2.75, 3.05) is 17.2 Å². The van der Waals surface area contributed by atoms with Crippen molar-refractivity contribution < 1.29 is 0 Å². The Hall–Kier alpha value is -1.16. The second-order valence-electron chi connectivity index (χ2n) is 4.92. The number of rotatable bonds is 7. The molecule has 0 spiro atoms. The van der Waals surface area contributed by atoms with Crippen molar-refractivity contribution in [1.82, 2.24) is 0 Å². The van der Waals surface area contributed by atoms with E-state index >= 15 is 0 Å². The van der Waals surface area contributed by atoms with Gasteiger partial charge in [-0.15, -0.1) is 11.8 Å². The molecule has 1 aromatic rings. The molecule has 3 nitrogen and oxygen atoms in total. The van der Waals surface area contributed by atoms with Gasteiger partial charge in [0.25, 0.3) is 0 Å². The second kappa shape index (κ2) is 6.33. The van der Waals surface area contributed by atoms with Crippen molar-refractivity contribution >= 4 is 23.3 Å². The average molecular weight is 277 g/mol. The van der Waals surface area contributed by atoms with Gasteiger partial charge >= 0.3 is 0 Å². The number of nitrogens with one attached hydrogen (secondary N) is 1. The third kappa shape index (κ3) is 3.24. The van der Waals surface area contributed by atoms with Gasteiger partial charge in [0.15, 0.2) is 0 Å². The van der Waals surface area contributed by atoms with Crippen LogP contribution < -0.4 is 10.6 Å². The lowest BCUT2D eigenvalue weighted by molar-refractivity contribution is 0.761. The highest BCUT2D eigenvalue weighted by Crippen LogP contribution is 2.37. The number of anilines is 1. The summed E-state index contributed by atoms with van der Waals surface area (Å²) in [5, 5.41) is 7.92. The van der Waals surface area contributed by atoms with Crippen LogP contribution in [-0.2, 0) is 0 Å². The molecule has 3 N–H and O–H groups in total. The van der Waals surface area contributed by atoms with E-state index in [-0.39, 0.29) is 5.84 Å². The van der Waals surface area contributed by atoms with Gasteiger partial charge < -0.3 is 10.6 Å². The smallest absolute Gasteiger partial charge is 0.126 e. The van der Waals surface area contributed by atoms with E-state index in [9.17, 15) is 0 Å². The zero-order chi connectivity index (χ0) is 13.8. The maximum atomic E-state index is 7.92. The van der Waals surface area contributed by atoms with E-state index in [0.29, 0.717) is 6.04 Å². The highest BCUT2D eigenvalue weighted by molar-refractivity contribution is 7.99. The van der Waals surface area contributed by atoms with E-state index in [2.05, 4.69) is 36.9 Å². The monoisotopic (exact) mass is 277 g/mol. The molecule has 0 aliphatic heterocycles. The van der Waals surface area contributed by atoms with Crippen LogP contribution in [0.15, 0.2) is 23.1 Å². The molecule has 0 amide bonds. The maximum absolute atomic E-state index is 7.92. The van der Waals surface area contributed by atoms with Crippen molar-refractivity contribution in [2.24, 2.45) is 5.73 Å². The van der Waals surface area contributed by atoms with Crippen LogP contribution in [0.1, 0.15) is 38.7 Å². The van der Waals surface area contributed by atoms with Crippen molar-refractivity contribution in [3.8, 4) is 0 Å². The number of thioether (sulfide) groups is 1. The first-order valence-electron chi connectivity index (χ1n) is 7.05. The number of hydrogen-bond acceptors (Lipinski definition) is 3. The summed E-state index contributed by atoms with van der Waals surface area (Å²) in [6.45, 7) is 5.38. The molecule has 1 aliphatic carbocycles. The Kier molecular flexibility index (Phi) is 4.75. The van der Waals surface area contributed by atoms with Crippen LogP contribution in [-0.4, -0.2) is 24.2 Å². The Balaban J connectivity index is 2.41. The summed E-state index contributed by atoms with van der Waals surface area (Å²) < 4.78 is 0. The Bertz CT molecular complexity index is 455. The maximum Gasteiger partial charge on any atom is 0.126 e. The second-order valence-corrected chi connectivity index (χ2v) is 6.23. The third-order valence-corrected chi connectivity index (χ3v) is 4.27. The molecule has 0 bridgehead atoms. The number of nitrogens with zero attached hydrogens (tertiary/aromatic N) is 1. The van der Waals surface area contributed by atoms with Gasteiger partial charge in [0.05, 0.1) is 5.56 Å². The van der Waals surface area contributed by atoms with Gasteiger partial charge in [-0.1, -0.05) is 19.9 Å². The van der Waals surface area contributed by atoms with Crippen LogP contribution in [0, 0.1) is 5.41 Å². The van der Waals surface area contributed by atoms with Crippen LogP contribution in [0.4, 0.5) is 5.69 Å². The van der Waals surface area contributed by atoms with Crippen LogP contribution in [0.2, 0.25) is 0 Å². The van der Waals surface area contributed by atoms with Crippen LogP contribution in [0.3, 0.4) is 0 Å². The molecule has 0 atom stereocenters. The summed E-state index contributed by atoms with van der Waals surface area (Å²) >= 11 is 1.76. The zero-order valence-electron chi connectivity index (χ0n) is 11.8. The summed E-state index contributed by atoms with van der Waals surface area (Å²) in [6.07, 6.45) is 3.66. The van der Waals surface area contributed by atoms with E-state index in [0.717, 1.165) is 34.9 Å². The van der Waals surface area contributed by atoms with Crippen molar-refractivity contribution in [2.45, 2.75) is 44.0 Å². The number of nitrogens with two attached hydrogens (primary N) is 1. The molecular formula is C15H23N3S. The topological polar surface area (TPSA) is 53.1 Å². The third-order valence-electron chi connectivity index (χ3n) is 3.33. The fourth-order valence-corrected chi connectivity index (χ4v) is 3.28. The molecule has 1 fully saturated rings. The molecule has 0 aromatic heterocycles. The van der Waals surface area contributed by atoms with Crippen LogP contribution in [0.25, 0.3) is 0 Å². The van der Waals surface area contributed by atoms with Crippen LogP contribution >= 0.6 is 11.8 Å². The van der Waals surface area contributed by atoms with E-state index in [4.69, 9.17) is 11.1 Å². The van der Waals surface area contributed by atoms with Gasteiger partial charge in [-0.3, -0.25) is 5.41 Å².